The SMILES string of the molecule is CCC/C=C/CCCCCC(O)CN. The van der Waals surface area contributed by atoms with Gasteiger partial charge in [-0.2, -0.15) is 0 Å². The lowest BCUT2D eigenvalue weighted by molar-refractivity contribution is 0.169. The van der Waals surface area contributed by atoms with Crippen molar-refractivity contribution in [1.82, 2.24) is 0 Å². The Labute approximate surface area is 88.2 Å². The maximum absolute atomic E-state index is 9.19. The molecule has 2 nitrogen and oxygen atoms in total. The lowest BCUT2D eigenvalue weighted by Crippen LogP contribution is -2.19. The average Bonchev–Trinajstić information content (AvgIpc) is 2.21. The molecule has 0 rings (SSSR count). The summed E-state index contributed by atoms with van der Waals surface area (Å²) >= 11 is 0. The van der Waals surface area contributed by atoms with E-state index in [1.807, 2.05) is 0 Å². The first-order chi connectivity index (χ1) is 6.81. The minimum atomic E-state index is -0.286. The zero-order valence-electron chi connectivity index (χ0n) is 9.41. The third kappa shape index (κ3) is 9.75. The van der Waals surface area contributed by atoms with Gasteiger partial charge in [-0.1, -0.05) is 38.3 Å². The second-order valence-electron chi connectivity index (χ2n) is 3.79. The third-order valence-corrected chi connectivity index (χ3v) is 2.30. The molecule has 0 aliphatic rings. The molecule has 1 unspecified atom stereocenters. The number of hydrogen-bond donors (Lipinski definition) is 2. The lowest BCUT2D eigenvalue weighted by atomic mass is 10.1. The Hall–Kier alpha value is -0.340. The van der Waals surface area contributed by atoms with Crippen LogP contribution in [0.15, 0.2) is 12.2 Å². The van der Waals surface area contributed by atoms with Crippen molar-refractivity contribution in [1.29, 1.82) is 0 Å². The molecule has 0 aromatic rings. The Bertz CT molecular complexity index is 134. The molecule has 0 spiro atoms. The van der Waals surface area contributed by atoms with Crippen molar-refractivity contribution in [3.05, 3.63) is 12.2 Å². The first-order valence-electron chi connectivity index (χ1n) is 5.84. The molecule has 0 saturated heterocycles. The van der Waals surface area contributed by atoms with Crippen LogP contribution in [0, 0.1) is 0 Å². The van der Waals surface area contributed by atoms with Gasteiger partial charge >= 0.3 is 0 Å². The van der Waals surface area contributed by atoms with E-state index in [9.17, 15) is 5.11 Å². The Balaban J connectivity index is 3.06. The Morgan fingerprint density at radius 1 is 1.14 bits per heavy atom. The van der Waals surface area contributed by atoms with E-state index in [1.165, 1.54) is 32.1 Å². The van der Waals surface area contributed by atoms with Gasteiger partial charge in [-0.05, 0) is 25.7 Å². The lowest BCUT2D eigenvalue weighted by Gasteiger charge is -2.05. The minimum absolute atomic E-state index is 0.286. The largest absolute Gasteiger partial charge is 0.392 e. The molecule has 0 fully saturated rings. The molecule has 0 heterocycles. The monoisotopic (exact) mass is 199 g/mol. The summed E-state index contributed by atoms with van der Waals surface area (Å²) in [4.78, 5) is 0. The highest BCUT2D eigenvalue weighted by Gasteiger charge is 1.98. The summed E-state index contributed by atoms with van der Waals surface area (Å²) in [5.74, 6) is 0. The van der Waals surface area contributed by atoms with Crippen molar-refractivity contribution >= 4 is 0 Å². The van der Waals surface area contributed by atoms with Crippen molar-refractivity contribution in [2.45, 2.75) is 58.0 Å². The van der Waals surface area contributed by atoms with Crippen LogP contribution in [0.2, 0.25) is 0 Å². The number of aliphatic hydroxyl groups is 1. The highest BCUT2D eigenvalue weighted by molar-refractivity contribution is 4.80. The van der Waals surface area contributed by atoms with Gasteiger partial charge in [-0.3, -0.25) is 0 Å². The van der Waals surface area contributed by atoms with Gasteiger partial charge in [-0.25, -0.2) is 0 Å². The van der Waals surface area contributed by atoms with E-state index in [4.69, 9.17) is 5.73 Å². The first kappa shape index (κ1) is 13.7. The van der Waals surface area contributed by atoms with Gasteiger partial charge in [0.25, 0.3) is 0 Å². The quantitative estimate of drug-likeness (QED) is 0.443. The molecule has 0 aliphatic carbocycles. The van der Waals surface area contributed by atoms with Gasteiger partial charge in [0.2, 0.25) is 0 Å². The number of hydrogen-bond acceptors (Lipinski definition) is 2. The molecular weight excluding hydrogens is 174 g/mol. The number of nitrogens with two attached hydrogens (primary N) is 1. The first-order valence-corrected chi connectivity index (χ1v) is 5.84. The second-order valence-corrected chi connectivity index (χ2v) is 3.79. The van der Waals surface area contributed by atoms with Crippen molar-refractivity contribution in [3.8, 4) is 0 Å². The van der Waals surface area contributed by atoms with E-state index in [-0.39, 0.29) is 6.10 Å². The molecule has 0 saturated carbocycles. The molecule has 0 bridgehead atoms. The van der Waals surface area contributed by atoms with Crippen LogP contribution in [-0.4, -0.2) is 17.8 Å². The predicted molar refractivity (Wildman–Crippen MR) is 62.2 cm³/mol. The van der Waals surface area contributed by atoms with Crippen LogP contribution in [0.25, 0.3) is 0 Å². The summed E-state index contributed by atoms with van der Waals surface area (Å²) in [5, 5.41) is 9.19. The van der Waals surface area contributed by atoms with Crippen LogP contribution in [-0.2, 0) is 0 Å². The highest BCUT2D eigenvalue weighted by Crippen LogP contribution is 2.06. The fraction of sp³-hybridized carbons (Fsp3) is 0.833. The van der Waals surface area contributed by atoms with Gasteiger partial charge in [-0.15, -0.1) is 0 Å². The summed E-state index contributed by atoms with van der Waals surface area (Å²) in [6, 6.07) is 0. The molecule has 1 atom stereocenters. The predicted octanol–water partition coefficient (Wildman–Crippen LogP) is 2.61. The second kappa shape index (κ2) is 10.7. The number of unbranched alkanes of at least 4 members (excludes halogenated alkanes) is 4. The van der Waals surface area contributed by atoms with Crippen LogP contribution in [0.3, 0.4) is 0 Å². The van der Waals surface area contributed by atoms with E-state index in [1.54, 1.807) is 0 Å². The van der Waals surface area contributed by atoms with Gasteiger partial charge in [0.1, 0.15) is 0 Å². The summed E-state index contributed by atoms with van der Waals surface area (Å²) in [6.45, 7) is 2.59. The maximum Gasteiger partial charge on any atom is 0.0662 e. The summed E-state index contributed by atoms with van der Waals surface area (Å²) in [6.07, 6.45) is 12.2. The van der Waals surface area contributed by atoms with Crippen LogP contribution >= 0.6 is 0 Å². The Morgan fingerprint density at radius 3 is 2.50 bits per heavy atom. The zero-order chi connectivity index (χ0) is 10.6. The molecule has 0 aromatic carbocycles. The number of aliphatic hydroxyl groups excluding tert-OH is 1. The molecule has 3 N–H and O–H groups in total. The normalized spacial score (nSPS) is 13.6. The average molecular weight is 199 g/mol. The summed E-state index contributed by atoms with van der Waals surface area (Å²) in [5.41, 5.74) is 5.31. The molecule has 84 valence electrons. The standard InChI is InChI=1S/C12H25NO/c1-2-3-4-5-6-7-8-9-10-12(14)11-13/h4-5,12,14H,2-3,6-11,13H2,1H3/b5-4+. The van der Waals surface area contributed by atoms with E-state index in [0.29, 0.717) is 6.54 Å². The fourth-order valence-corrected chi connectivity index (χ4v) is 1.34. The third-order valence-electron chi connectivity index (χ3n) is 2.30. The highest BCUT2D eigenvalue weighted by atomic mass is 16.3. The van der Waals surface area contributed by atoms with E-state index >= 15 is 0 Å². The van der Waals surface area contributed by atoms with Crippen LogP contribution in [0.1, 0.15) is 51.9 Å². The van der Waals surface area contributed by atoms with Crippen molar-refractivity contribution in [2.75, 3.05) is 6.54 Å². The Kier molecular flexibility index (Phi) is 10.5. The van der Waals surface area contributed by atoms with Gasteiger partial charge < -0.3 is 10.8 Å². The maximum atomic E-state index is 9.19. The van der Waals surface area contributed by atoms with Crippen molar-refractivity contribution in [3.63, 3.8) is 0 Å². The van der Waals surface area contributed by atoms with Gasteiger partial charge in [0.15, 0.2) is 0 Å². The topological polar surface area (TPSA) is 46.2 Å². The summed E-state index contributed by atoms with van der Waals surface area (Å²) < 4.78 is 0. The van der Waals surface area contributed by atoms with E-state index in [2.05, 4.69) is 19.1 Å². The van der Waals surface area contributed by atoms with Crippen LogP contribution in [0.4, 0.5) is 0 Å². The molecule has 14 heavy (non-hydrogen) atoms. The molecule has 2 heteroatoms. The van der Waals surface area contributed by atoms with E-state index in [0.717, 1.165) is 12.8 Å². The van der Waals surface area contributed by atoms with Gasteiger partial charge in [0.05, 0.1) is 6.10 Å². The minimum Gasteiger partial charge on any atom is -0.392 e. The fourth-order valence-electron chi connectivity index (χ4n) is 1.34. The van der Waals surface area contributed by atoms with Crippen molar-refractivity contribution < 1.29 is 5.11 Å². The van der Waals surface area contributed by atoms with Crippen LogP contribution in [0.5, 0.6) is 0 Å². The van der Waals surface area contributed by atoms with E-state index < -0.39 is 0 Å². The summed E-state index contributed by atoms with van der Waals surface area (Å²) in [7, 11) is 0. The molecule has 0 aromatic heterocycles. The Morgan fingerprint density at radius 2 is 1.86 bits per heavy atom. The number of allylic oxidation sites excluding steroid dienone is 2. The molecule has 0 amide bonds. The van der Waals surface area contributed by atoms with Crippen LogP contribution < -0.4 is 5.73 Å². The molecule has 0 radical (unpaired) electrons. The van der Waals surface area contributed by atoms with Gasteiger partial charge in [0, 0.05) is 6.54 Å². The van der Waals surface area contributed by atoms with Crippen molar-refractivity contribution in [2.24, 2.45) is 5.73 Å². The molecule has 0 aliphatic heterocycles. The smallest absolute Gasteiger partial charge is 0.0662 e. The number of rotatable bonds is 9. The zero-order valence-corrected chi connectivity index (χ0v) is 9.41. The molecular formula is C12H25NO.